The van der Waals surface area contributed by atoms with Crippen molar-refractivity contribution in [1.29, 1.82) is 0 Å². The number of fused-ring (bicyclic) bond motifs is 1. The van der Waals surface area contributed by atoms with Crippen LogP contribution in [0.15, 0.2) is 47.1 Å². The molecule has 0 fully saturated rings. The SMILES string of the molecule is Cc1cc2c(N)c(C(=O)Nc3c[n+](C)no3)sc2nc1-c1ccccc1. The molecule has 3 heterocycles. The summed E-state index contributed by atoms with van der Waals surface area (Å²) in [6, 6.07) is 11.9. The number of rotatable bonds is 3. The summed E-state index contributed by atoms with van der Waals surface area (Å²) in [5, 5.41) is 7.11. The Morgan fingerprint density at radius 1 is 1.31 bits per heavy atom. The highest BCUT2D eigenvalue weighted by Gasteiger charge is 2.21. The predicted molar refractivity (Wildman–Crippen MR) is 99.8 cm³/mol. The van der Waals surface area contributed by atoms with E-state index in [1.807, 2.05) is 43.3 Å². The van der Waals surface area contributed by atoms with Gasteiger partial charge in [-0.3, -0.25) is 14.6 Å². The van der Waals surface area contributed by atoms with Crippen molar-refractivity contribution in [2.75, 3.05) is 11.1 Å². The molecule has 0 saturated heterocycles. The molecule has 130 valence electrons. The largest absolute Gasteiger partial charge is 0.397 e. The topological polar surface area (TPSA) is 97.9 Å². The Kier molecular flexibility index (Phi) is 3.89. The van der Waals surface area contributed by atoms with Crippen LogP contribution < -0.4 is 15.7 Å². The van der Waals surface area contributed by atoms with Crippen LogP contribution in [0.4, 0.5) is 11.6 Å². The standard InChI is InChI=1S/C18H15N5O2S/c1-10-8-12-14(19)16(17(24)20-13-9-23(2)22-25-13)26-18(12)21-15(10)11-6-4-3-5-7-11/h3-9H,1-2H3,(H2-,19,20,22,24)/p+1. The number of aromatic nitrogens is 3. The molecule has 0 radical (unpaired) electrons. The lowest BCUT2D eigenvalue weighted by molar-refractivity contribution is -0.739. The molecular weight excluding hydrogens is 350 g/mol. The molecule has 3 aromatic heterocycles. The molecule has 1 aromatic carbocycles. The number of hydrogen-bond acceptors (Lipinski definition) is 6. The number of nitrogens with one attached hydrogen (secondary N) is 1. The lowest BCUT2D eigenvalue weighted by Crippen LogP contribution is -2.28. The van der Waals surface area contributed by atoms with Crippen LogP contribution in [0.3, 0.4) is 0 Å². The van der Waals surface area contributed by atoms with E-state index in [2.05, 4.69) is 10.6 Å². The van der Waals surface area contributed by atoms with Gasteiger partial charge in [0.05, 0.1) is 11.4 Å². The molecule has 0 unspecified atom stereocenters. The molecule has 1 amide bonds. The Morgan fingerprint density at radius 3 is 2.77 bits per heavy atom. The van der Waals surface area contributed by atoms with E-state index in [4.69, 9.17) is 15.2 Å². The van der Waals surface area contributed by atoms with Gasteiger partial charge in [0.1, 0.15) is 9.71 Å². The molecule has 4 rings (SSSR count). The van der Waals surface area contributed by atoms with Gasteiger partial charge in [-0.2, -0.15) is 0 Å². The van der Waals surface area contributed by atoms with Crippen LogP contribution in [0.1, 0.15) is 15.2 Å². The highest BCUT2D eigenvalue weighted by Crippen LogP contribution is 2.36. The van der Waals surface area contributed by atoms with Crippen molar-refractivity contribution in [3.05, 3.63) is 53.0 Å². The summed E-state index contributed by atoms with van der Waals surface area (Å²) in [7, 11) is 1.70. The van der Waals surface area contributed by atoms with Gasteiger partial charge in [0, 0.05) is 10.9 Å². The number of nitrogens with zero attached hydrogens (tertiary/aromatic N) is 3. The van der Waals surface area contributed by atoms with Gasteiger partial charge in [-0.1, -0.05) is 35.0 Å². The fourth-order valence-corrected chi connectivity index (χ4v) is 3.72. The van der Waals surface area contributed by atoms with E-state index >= 15 is 0 Å². The van der Waals surface area contributed by atoms with Gasteiger partial charge in [-0.25, -0.2) is 4.98 Å². The van der Waals surface area contributed by atoms with Crippen molar-refractivity contribution in [3.63, 3.8) is 0 Å². The first-order valence-electron chi connectivity index (χ1n) is 7.92. The maximum atomic E-state index is 12.5. The molecule has 4 aromatic rings. The minimum Gasteiger partial charge on any atom is -0.397 e. The minimum atomic E-state index is -0.346. The van der Waals surface area contributed by atoms with Gasteiger partial charge in [-0.05, 0) is 18.6 Å². The third-order valence-electron chi connectivity index (χ3n) is 3.97. The van der Waals surface area contributed by atoms with Crippen molar-refractivity contribution >= 4 is 39.0 Å². The first kappa shape index (κ1) is 16.2. The number of benzene rings is 1. The second kappa shape index (κ2) is 6.23. The van der Waals surface area contributed by atoms with Crippen LogP contribution >= 0.6 is 11.3 Å². The smallest absolute Gasteiger partial charge is 0.302 e. The number of thiophene rings is 1. The second-order valence-electron chi connectivity index (χ2n) is 5.91. The summed E-state index contributed by atoms with van der Waals surface area (Å²) in [5.74, 6) is -0.0929. The van der Waals surface area contributed by atoms with Gasteiger partial charge >= 0.3 is 5.88 Å². The van der Waals surface area contributed by atoms with Crippen molar-refractivity contribution < 1.29 is 14.0 Å². The molecule has 0 spiro atoms. The second-order valence-corrected chi connectivity index (χ2v) is 6.91. The quantitative estimate of drug-likeness (QED) is 0.543. The maximum Gasteiger partial charge on any atom is 0.302 e. The van der Waals surface area contributed by atoms with Gasteiger partial charge < -0.3 is 5.73 Å². The van der Waals surface area contributed by atoms with E-state index < -0.39 is 0 Å². The summed E-state index contributed by atoms with van der Waals surface area (Å²) in [4.78, 5) is 18.4. The molecule has 8 heteroatoms. The summed E-state index contributed by atoms with van der Waals surface area (Å²) >= 11 is 1.26. The summed E-state index contributed by atoms with van der Waals surface area (Å²) in [5.41, 5.74) is 9.54. The Hall–Kier alpha value is -3.26. The Bertz CT molecular complexity index is 1120. The molecule has 0 aliphatic carbocycles. The van der Waals surface area contributed by atoms with E-state index in [-0.39, 0.29) is 11.8 Å². The zero-order valence-corrected chi connectivity index (χ0v) is 15.0. The summed E-state index contributed by atoms with van der Waals surface area (Å²) < 4.78 is 6.45. The lowest BCUT2D eigenvalue weighted by atomic mass is 10.1. The normalized spacial score (nSPS) is 11.0. The Labute approximate surface area is 153 Å². The van der Waals surface area contributed by atoms with Gasteiger partial charge in [0.15, 0.2) is 12.3 Å². The van der Waals surface area contributed by atoms with Crippen LogP contribution in [0.25, 0.3) is 21.5 Å². The number of carbonyl (C=O) groups is 1. The predicted octanol–water partition coefficient (Wildman–Crippen LogP) is 2.92. The van der Waals surface area contributed by atoms with Crippen LogP contribution in [-0.4, -0.2) is 16.2 Å². The van der Waals surface area contributed by atoms with Crippen LogP contribution in [0, 0.1) is 6.92 Å². The lowest BCUT2D eigenvalue weighted by Gasteiger charge is -2.05. The molecular formula is C18H16N5O2S+. The zero-order valence-electron chi connectivity index (χ0n) is 14.2. The number of anilines is 2. The molecule has 0 saturated carbocycles. The third-order valence-corrected chi connectivity index (χ3v) is 5.09. The third kappa shape index (κ3) is 2.80. The average molecular weight is 366 g/mol. The van der Waals surface area contributed by atoms with E-state index in [1.54, 1.807) is 13.2 Å². The fraction of sp³-hybridized carbons (Fsp3) is 0.111. The monoisotopic (exact) mass is 366 g/mol. The van der Waals surface area contributed by atoms with E-state index in [9.17, 15) is 4.79 Å². The molecule has 0 atom stereocenters. The van der Waals surface area contributed by atoms with Gasteiger partial charge in [0.2, 0.25) is 0 Å². The van der Waals surface area contributed by atoms with Crippen LogP contribution in [-0.2, 0) is 7.05 Å². The highest BCUT2D eigenvalue weighted by atomic mass is 32.1. The Balaban J connectivity index is 1.75. The number of nitrogen functional groups attached to an aromatic ring is 1. The summed E-state index contributed by atoms with van der Waals surface area (Å²) in [6.07, 6.45) is 1.57. The van der Waals surface area contributed by atoms with Gasteiger partial charge in [0.25, 0.3) is 12.1 Å². The van der Waals surface area contributed by atoms with Crippen molar-refractivity contribution in [3.8, 4) is 11.3 Å². The number of carbonyl (C=O) groups excluding carboxylic acids is 1. The number of nitrogens with two attached hydrogens (primary N) is 1. The van der Waals surface area contributed by atoms with Crippen LogP contribution in [0.2, 0.25) is 0 Å². The van der Waals surface area contributed by atoms with Gasteiger partial charge in [-0.15, -0.1) is 11.3 Å². The van der Waals surface area contributed by atoms with Crippen molar-refractivity contribution in [2.45, 2.75) is 6.92 Å². The van der Waals surface area contributed by atoms with E-state index in [0.717, 1.165) is 27.0 Å². The molecule has 0 bridgehead atoms. The maximum absolute atomic E-state index is 12.5. The summed E-state index contributed by atoms with van der Waals surface area (Å²) in [6.45, 7) is 1.99. The molecule has 26 heavy (non-hydrogen) atoms. The number of aryl methyl sites for hydroxylation is 2. The number of hydrogen-bond donors (Lipinski definition) is 2. The minimum absolute atomic E-state index is 0.253. The molecule has 3 N–H and O–H groups in total. The average Bonchev–Trinajstić information content (AvgIpc) is 3.18. The number of pyridine rings is 1. The molecule has 0 aliphatic heterocycles. The fourth-order valence-electron chi connectivity index (χ4n) is 2.75. The molecule has 0 aliphatic rings. The van der Waals surface area contributed by atoms with E-state index in [0.29, 0.717) is 10.6 Å². The highest BCUT2D eigenvalue weighted by molar-refractivity contribution is 7.21. The Morgan fingerprint density at radius 2 is 2.08 bits per heavy atom. The van der Waals surface area contributed by atoms with Crippen molar-refractivity contribution in [2.24, 2.45) is 7.05 Å². The van der Waals surface area contributed by atoms with Crippen molar-refractivity contribution in [1.82, 2.24) is 10.3 Å². The number of amides is 1. The molecule has 7 nitrogen and oxygen atoms in total. The van der Waals surface area contributed by atoms with E-state index in [1.165, 1.54) is 16.0 Å². The van der Waals surface area contributed by atoms with Crippen LogP contribution in [0.5, 0.6) is 0 Å². The first-order valence-corrected chi connectivity index (χ1v) is 8.73. The zero-order chi connectivity index (χ0) is 18.3. The first-order chi connectivity index (χ1) is 12.5.